The molecule has 0 N–H and O–H groups in total. The van der Waals surface area contributed by atoms with Gasteiger partial charge in [-0.2, -0.15) is 13.2 Å². The van der Waals surface area contributed by atoms with Crippen LogP contribution in [0, 0.1) is 3.57 Å². The number of likely N-dealkylation sites (N-methyl/N-ethyl adjacent to an activating group) is 1. The average Bonchev–Trinajstić information content (AvgIpc) is 2.36. The van der Waals surface area contributed by atoms with Crippen molar-refractivity contribution < 1.29 is 22.8 Å². The number of alkyl halides is 3. The van der Waals surface area contributed by atoms with Gasteiger partial charge >= 0.3 is 6.18 Å². The lowest BCUT2D eigenvalue weighted by Gasteiger charge is -2.25. The molecule has 0 bridgehead atoms. The molecule has 0 aliphatic rings. The van der Waals surface area contributed by atoms with E-state index >= 15 is 0 Å². The first kappa shape index (κ1) is 17.7. The quantitative estimate of drug-likeness (QED) is 0.711. The largest absolute Gasteiger partial charge is 0.406 e. The Balaban J connectivity index is 2.96. The van der Waals surface area contributed by atoms with Gasteiger partial charge in [-0.3, -0.25) is 9.59 Å². The van der Waals surface area contributed by atoms with Gasteiger partial charge in [-0.25, -0.2) is 0 Å². The highest BCUT2D eigenvalue weighted by Gasteiger charge is 2.34. The Kier molecular flexibility index (Phi) is 5.99. The molecule has 0 spiro atoms. The molecule has 1 aromatic rings. The van der Waals surface area contributed by atoms with E-state index in [4.69, 9.17) is 0 Å². The smallest absolute Gasteiger partial charge is 0.347 e. The summed E-state index contributed by atoms with van der Waals surface area (Å²) in [5, 5.41) is 0. The van der Waals surface area contributed by atoms with Crippen LogP contribution in [0.1, 0.15) is 10.4 Å². The predicted octanol–water partition coefficient (Wildman–Crippen LogP) is 2.38. The van der Waals surface area contributed by atoms with Crippen LogP contribution in [0.15, 0.2) is 24.3 Å². The number of carbonyl (C=O) groups excluding carboxylic acids is 2. The molecule has 0 aromatic heterocycles. The molecule has 0 fully saturated rings. The van der Waals surface area contributed by atoms with Crippen LogP contribution >= 0.6 is 22.6 Å². The van der Waals surface area contributed by atoms with E-state index in [1.165, 1.54) is 26.2 Å². The van der Waals surface area contributed by atoms with Crippen LogP contribution < -0.4 is 0 Å². The molecule has 0 radical (unpaired) electrons. The summed E-state index contributed by atoms with van der Waals surface area (Å²) in [5.74, 6) is -1.39. The second-order valence-corrected chi connectivity index (χ2v) is 5.82. The Morgan fingerprint density at radius 1 is 1.14 bits per heavy atom. The lowest BCUT2D eigenvalue weighted by Crippen LogP contribution is -2.44. The predicted molar refractivity (Wildman–Crippen MR) is 79.8 cm³/mol. The van der Waals surface area contributed by atoms with Crippen molar-refractivity contribution >= 4 is 34.4 Å². The topological polar surface area (TPSA) is 40.6 Å². The van der Waals surface area contributed by atoms with E-state index in [0.717, 1.165) is 8.47 Å². The lowest BCUT2D eigenvalue weighted by atomic mass is 10.2. The second kappa shape index (κ2) is 7.10. The molecule has 0 saturated carbocycles. The molecule has 21 heavy (non-hydrogen) atoms. The molecule has 0 saturated heterocycles. The number of halogens is 4. The number of hydrogen-bond acceptors (Lipinski definition) is 2. The first-order chi connectivity index (χ1) is 9.60. The maximum Gasteiger partial charge on any atom is 0.406 e. The van der Waals surface area contributed by atoms with Gasteiger partial charge in [0, 0.05) is 23.2 Å². The minimum Gasteiger partial charge on any atom is -0.347 e. The SMILES string of the molecule is CN(C)C(=O)CN(CC(F)(F)F)C(=O)c1ccc(I)cc1. The van der Waals surface area contributed by atoms with Crippen molar-refractivity contribution in [2.45, 2.75) is 6.18 Å². The minimum atomic E-state index is -4.56. The van der Waals surface area contributed by atoms with Gasteiger partial charge in [0.15, 0.2) is 0 Å². The van der Waals surface area contributed by atoms with E-state index in [9.17, 15) is 22.8 Å². The first-order valence-corrected chi connectivity index (χ1v) is 7.00. The number of carbonyl (C=O) groups is 2. The first-order valence-electron chi connectivity index (χ1n) is 5.92. The van der Waals surface area contributed by atoms with E-state index in [-0.39, 0.29) is 5.56 Å². The average molecular weight is 414 g/mol. The fraction of sp³-hybridized carbons (Fsp3) is 0.385. The van der Waals surface area contributed by atoms with Crippen molar-refractivity contribution in [2.24, 2.45) is 0 Å². The van der Waals surface area contributed by atoms with Gasteiger partial charge in [0.25, 0.3) is 5.91 Å². The molecule has 116 valence electrons. The van der Waals surface area contributed by atoms with Crippen molar-refractivity contribution in [2.75, 3.05) is 27.2 Å². The maximum absolute atomic E-state index is 12.6. The van der Waals surface area contributed by atoms with Crippen LogP contribution in [0.25, 0.3) is 0 Å². The standard InChI is InChI=1S/C13H14F3IN2O2/c1-18(2)11(20)7-19(8-13(14,15)16)12(21)9-3-5-10(17)6-4-9/h3-6H,7-8H2,1-2H3. The number of hydrogen-bond donors (Lipinski definition) is 0. The third-order valence-corrected chi connectivity index (χ3v) is 3.29. The van der Waals surface area contributed by atoms with Crippen LogP contribution in [-0.4, -0.2) is 55.0 Å². The zero-order valence-electron chi connectivity index (χ0n) is 11.4. The Morgan fingerprint density at radius 3 is 2.10 bits per heavy atom. The van der Waals surface area contributed by atoms with Crippen molar-refractivity contribution in [3.05, 3.63) is 33.4 Å². The Morgan fingerprint density at radius 2 is 1.67 bits per heavy atom. The highest BCUT2D eigenvalue weighted by Crippen LogP contribution is 2.18. The maximum atomic E-state index is 12.6. The molecule has 0 unspecified atom stereocenters. The van der Waals surface area contributed by atoms with E-state index in [2.05, 4.69) is 0 Å². The lowest BCUT2D eigenvalue weighted by molar-refractivity contribution is -0.146. The molecule has 0 aliphatic carbocycles. The molecular formula is C13H14F3IN2O2. The van der Waals surface area contributed by atoms with Crippen molar-refractivity contribution in [1.29, 1.82) is 0 Å². The van der Waals surface area contributed by atoms with Crippen LogP contribution in [0.3, 0.4) is 0 Å². The van der Waals surface area contributed by atoms with E-state index in [1.807, 2.05) is 22.6 Å². The molecule has 1 aromatic carbocycles. The van der Waals surface area contributed by atoms with Gasteiger partial charge in [0.05, 0.1) is 0 Å². The summed E-state index contributed by atoms with van der Waals surface area (Å²) in [7, 11) is 2.84. The Hall–Kier alpha value is -1.32. The monoisotopic (exact) mass is 414 g/mol. The molecular weight excluding hydrogens is 400 g/mol. The summed E-state index contributed by atoms with van der Waals surface area (Å²) in [5.41, 5.74) is 0.117. The molecule has 1 rings (SSSR count). The van der Waals surface area contributed by atoms with Crippen LogP contribution in [-0.2, 0) is 4.79 Å². The summed E-state index contributed by atoms with van der Waals surface area (Å²) in [6.07, 6.45) is -4.56. The zero-order chi connectivity index (χ0) is 16.2. The number of nitrogens with zero attached hydrogens (tertiary/aromatic N) is 2. The zero-order valence-corrected chi connectivity index (χ0v) is 13.6. The highest BCUT2D eigenvalue weighted by molar-refractivity contribution is 14.1. The summed E-state index contributed by atoms with van der Waals surface area (Å²) in [6.45, 7) is -2.07. The summed E-state index contributed by atoms with van der Waals surface area (Å²) < 4.78 is 38.6. The van der Waals surface area contributed by atoms with Crippen molar-refractivity contribution in [3.63, 3.8) is 0 Å². The van der Waals surface area contributed by atoms with Crippen LogP contribution in [0.5, 0.6) is 0 Å². The number of rotatable bonds is 4. The fourth-order valence-corrected chi connectivity index (χ4v) is 1.86. The van der Waals surface area contributed by atoms with Crippen LogP contribution in [0.4, 0.5) is 13.2 Å². The van der Waals surface area contributed by atoms with Gasteiger partial charge < -0.3 is 9.80 Å². The van der Waals surface area contributed by atoms with Gasteiger partial charge in [0.1, 0.15) is 13.1 Å². The van der Waals surface area contributed by atoms with Gasteiger partial charge in [-0.05, 0) is 46.9 Å². The van der Waals surface area contributed by atoms with E-state index < -0.39 is 31.1 Å². The van der Waals surface area contributed by atoms with Gasteiger partial charge in [-0.1, -0.05) is 0 Å². The molecule has 4 nitrogen and oxygen atoms in total. The Bertz CT molecular complexity index is 515. The van der Waals surface area contributed by atoms with Gasteiger partial charge in [0.2, 0.25) is 5.91 Å². The van der Waals surface area contributed by atoms with Gasteiger partial charge in [-0.15, -0.1) is 0 Å². The Labute approximate surface area is 134 Å². The summed E-state index contributed by atoms with van der Waals surface area (Å²) in [6, 6.07) is 6.11. The highest BCUT2D eigenvalue weighted by atomic mass is 127. The molecule has 0 heterocycles. The summed E-state index contributed by atoms with van der Waals surface area (Å²) >= 11 is 2.02. The summed E-state index contributed by atoms with van der Waals surface area (Å²) in [4.78, 5) is 25.4. The number of benzene rings is 1. The second-order valence-electron chi connectivity index (χ2n) is 4.57. The molecule has 2 amide bonds. The normalized spacial score (nSPS) is 11.1. The minimum absolute atomic E-state index is 0.117. The van der Waals surface area contributed by atoms with Crippen molar-refractivity contribution in [3.8, 4) is 0 Å². The fourth-order valence-electron chi connectivity index (χ4n) is 1.50. The third kappa shape index (κ3) is 5.90. The molecule has 8 heteroatoms. The van der Waals surface area contributed by atoms with Crippen LogP contribution in [0.2, 0.25) is 0 Å². The number of amides is 2. The van der Waals surface area contributed by atoms with Crippen molar-refractivity contribution in [1.82, 2.24) is 9.80 Å². The van der Waals surface area contributed by atoms with E-state index in [1.54, 1.807) is 12.1 Å². The molecule has 0 aliphatic heterocycles. The third-order valence-electron chi connectivity index (χ3n) is 2.57. The van der Waals surface area contributed by atoms with E-state index in [0.29, 0.717) is 4.90 Å². The molecule has 0 atom stereocenters.